The Hall–Kier alpha value is -7.04. The highest BCUT2D eigenvalue weighted by molar-refractivity contribution is 6.20. The highest BCUT2D eigenvalue weighted by atomic mass is 15.1. The number of hydrogen-bond acceptors (Lipinski definition) is 2. The zero-order valence-electron chi connectivity index (χ0n) is 28.0. The lowest BCUT2D eigenvalue weighted by Crippen LogP contribution is -1.99. The second-order valence-electron chi connectivity index (χ2n) is 13.8. The van der Waals surface area contributed by atoms with Crippen molar-refractivity contribution in [3.8, 4) is 45.0 Å². The Morgan fingerprint density at radius 1 is 0.404 bits per heavy atom. The van der Waals surface area contributed by atoms with E-state index in [1.165, 1.54) is 71.0 Å². The van der Waals surface area contributed by atoms with Gasteiger partial charge in [-0.15, -0.1) is 0 Å². The van der Waals surface area contributed by atoms with Gasteiger partial charge in [0, 0.05) is 66.9 Å². The van der Waals surface area contributed by atoms with Gasteiger partial charge in [0.05, 0.1) is 27.8 Å². The number of rotatable bonds is 3. The number of aromatic nitrogens is 4. The second kappa shape index (κ2) is 10.3. The summed E-state index contributed by atoms with van der Waals surface area (Å²) >= 11 is 0. The molecule has 0 atom stereocenters. The van der Waals surface area contributed by atoms with Crippen LogP contribution in [-0.4, -0.2) is 19.1 Å². The quantitative estimate of drug-likeness (QED) is 0.189. The molecule has 1 aliphatic carbocycles. The summed E-state index contributed by atoms with van der Waals surface area (Å²) in [5, 5.41) is 9.78. The highest BCUT2D eigenvalue weighted by Gasteiger charge is 2.26. The molecular weight excluding hydrogens is 633 g/mol. The molecule has 0 unspecified atom stereocenters. The molecular formula is C48H28N4. The largest absolute Gasteiger partial charge is 0.309 e. The molecule has 240 valence electrons. The molecule has 0 saturated heterocycles. The van der Waals surface area contributed by atoms with Crippen molar-refractivity contribution in [1.82, 2.24) is 19.1 Å². The zero-order chi connectivity index (χ0) is 33.9. The van der Waals surface area contributed by atoms with Gasteiger partial charge in [0.15, 0.2) is 0 Å². The Morgan fingerprint density at radius 3 is 1.96 bits per heavy atom. The van der Waals surface area contributed by atoms with E-state index >= 15 is 0 Å². The van der Waals surface area contributed by atoms with Crippen molar-refractivity contribution >= 4 is 65.2 Å². The Morgan fingerprint density at radius 2 is 1.10 bits per heavy atom. The molecule has 0 radical (unpaired) electrons. The topological polar surface area (TPSA) is 35.6 Å². The van der Waals surface area contributed by atoms with Crippen LogP contribution in [0.15, 0.2) is 170 Å². The van der Waals surface area contributed by atoms with E-state index in [9.17, 15) is 0 Å². The molecule has 0 amide bonds. The fourth-order valence-electron chi connectivity index (χ4n) is 8.89. The van der Waals surface area contributed by atoms with E-state index < -0.39 is 0 Å². The highest BCUT2D eigenvalue weighted by Crippen LogP contribution is 2.48. The molecule has 0 spiro atoms. The van der Waals surface area contributed by atoms with Crippen molar-refractivity contribution in [2.24, 2.45) is 0 Å². The second-order valence-corrected chi connectivity index (χ2v) is 13.8. The Labute approximate surface area is 298 Å². The maximum absolute atomic E-state index is 5.17. The van der Waals surface area contributed by atoms with Gasteiger partial charge in [-0.3, -0.25) is 9.55 Å². The number of pyridine rings is 2. The average Bonchev–Trinajstić information content (AvgIpc) is 3.85. The molecule has 0 saturated carbocycles. The summed E-state index contributed by atoms with van der Waals surface area (Å²) in [6.07, 6.45) is 3.88. The van der Waals surface area contributed by atoms with Crippen molar-refractivity contribution in [2.45, 2.75) is 0 Å². The predicted molar refractivity (Wildman–Crippen MR) is 216 cm³/mol. The first-order chi connectivity index (χ1) is 25.8. The average molecular weight is 661 g/mol. The monoisotopic (exact) mass is 660 g/mol. The maximum Gasteiger partial charge on any atom is 0.145 e. The van der Waals surface area contributed by atoms with Gasteiger partial charge in [-0.25, -0.2) is 4.98 Å². The van der Waals surface area contributed by atoms with Crippen LogP contribution in [0.2, 0.25) is 0 Å². The van der Waals surface area contributed by atoms with Crippen molar-refractivity contribution in [1.29, 1.82) is 0 Å². The summed E-state index contributed by atoms with van der Waals surface area (Å²) < 4.78 is 4.77. The first-order valence-corrected chi connectivity index (χ1v) is 17.7. The van der Waals surface area contributed by atoms with Crippen LogP contribution in [0.25, 0.3) is 110 Å². The molecule has 12 rings (SSSR count). The summed E-state index contributed by atoms with van der Waals surface area (Å²) in [5.74, 6) is 0.940. The Balaban J connectivity index is 1.08. The van der Waals surface area contributed by atoms with E-state index in [4.69, 9.17) is 9.97 Å². The molecule has 7 aromatic carbocycles. The Bertz CT molecular complexity index is 3260. The zero-order valence-corrected chi connectivity index (χ0v) is 28.0. The maximum atomic E-state index is 5.17. The predicted octanol–water partition coefficient (Wildman–Crippen LogP) is 12.3. The summed E-state index contributed by atoms with van der Waals surface area (Å²) in [6, 6.07) is 57.3. The molecule has 0 aliphatic heterocycles. The van der Waals surface area contributed by atoms with Crippen LogP contribution < -0.4 is 0 Å². The van der Waals surface area contributed by atoms with E-state index in [-0.39, 0.29) is 0 Å². The third kappa shape index (κ3) is 3.65. The molecule has 4 nitrogen and oxygen atoms in total. The van der Waals surface area contributed by atoms with E-state index in [2.05, 4.69) is 161 Å². The third-order valence-corrected chi connectivity index (χ3v) is 11.1. The van der Waals surface area contributed by atoms with Gasteiger partial charge >= 0.3 is 0 Å². The number of para-hydroxylation sites is 2. The standard InChI is InChI=1S/C48H28N4/c1-2-11-32(12-3-1)51-43-23-20-31(27-40(43)37-22-19-29-10-4-5-13-33(29)47(37)51)30-21-24-44-39(26-30)34-14-6-7-18-42(34)52(44)48-38-16-8-15-35-36-17-9-25-49-46(36)41(28-50-48)45(35)38/h1-28H. The van der Waals surface area contributed by atoms with Gasteiger partial charge in [-0.05, 0) is 70.6 Å². The van der Waals surface area contributed by atoms with Gasteiger partial charge in [-0.1, -0.05) is 109 Å². The van der Waals surface area contributed by atoms with Crippen LogP contribution in [0.1, 0.15) is 0 Å². The smallest absolute Gasteiger partial charge is 0.145 e. The van der Waals surface area contributed by atoms with E-state index in [1.54, 1.807) is 0 Å². The minimum atomic E-state index is 0.940. The fourth-order valence-corrected chi connectivity index (χ4v) is 8.89. The van der Waals surface area contributed by atoms with Crippen LogP contribution in [0, 0.1) is 0 Å². The number of nitrogens with zero attached hydrogens (tertiary/aromatic N) is 4. The minimum Gasteiger partial charge on any atom is -0.309 e. The van der Waals surface area contributed by atoms with E-state index in [1.807, 2.05) is 18.5 Å². The van der Waals surface area contributed by atoms with Gasteiger partial charge in [0.2, 0.25) is 0 Å². The molecule has 1 aliphatic rings. The Kier molecular flexibility index (Phi) is 5.47. The SMILES string of the molecule is c1ccc(-n2c3ccc(-c4ccc5c(c4)c4ccccc4n5-c4ncc5c6c(cccc46)-c4cccnc4-5)cc3c3ccc4ccccc4c32)cc1. The van der Waals surface area contributed by atoms with Gasteiger partial charge in [0.1, 0.15) is 5.82 Å². The van der Waals surface area contributed by atoms with Crippen molar-refractivity contribution < 1.29 is 0 Å². The lowest BCUT2D eigenvalue weighted by atomic mass is 10.00. The summed E-state index contributed by atoms with van der Waals surface area (Å²) in [5.41, 5.74) is 12.8. The van der Waals surface area contributed by atoms with Crippen molar-refractivity contribution in [2.75, 3.05) is 0 Å². The van der Waals surface area contributed by atoms with Gasteiger partial charge in [0.25, 0.3) is 0 Å². The van der Waals surface area contributed by atoms with Gasteiger partial charge in [-0.2, -0.15) is 0 Å². The summed E-state index contributed by atoms with van der Waals surface area (Å²) in [7, 11) is 0. The molecule has 52 heavy (non-hydrogen) atoms. The molecule has 0 fully saturated rings. The molecule has 4 aromatic heterocycles. The number of hydrogen-bond donors (Lipinski definition) is 0. The van der Waals surface area contributed by atoms with Crippen LogP contribution in [0.4, 0.5) is 0 Å². The minimum absolute atomic E-state index is 0.940. The van der Waals surface area contributed by atoms with Crippen LogP contribution in [0.5, 0.6) is 0 Å². The molecule has 0 bridgehead atoms. The fraction of sp³-hybridized carbons (Fsp3) is 0. The summed E-state index contributed by atoms with van der Waals surface area (Å²) in [6.45, 7) is 0. The van der Waals surface area contributed by atoms with Crippen LogP contribution in [-0.2, 0) is 0 Å². The van der Waals surface area contributed by atoms with E-state index in [0.29, 0.717) is 0 Å². The van der Waals surface area contributed by atoms with Crippen LogP contribution in [0.3, 0.4) is 0 Å². The molecule has 4 heteroatoms. The molecule has 4 heterocycles. The molecule has 11 aromatic rings. The third-order valence-electron chi connectivity index (χ3n) is 11.1. The van der Waals surface area contributed by atoms with Crippen LogP contribution >= 0.6 is 0 Å². The van der Waals surface area contributed by atoms with Gasteiger partial charge < -0.3 is 4.57 Å². The lowest BCUT2D eigenvalue weighted by Gasteiger charge is -2.12. The molecule has 0 N–H and O–H groups in total. The number of benzene rings is 7. The number of fused-ring (bicyclic) bond motifs is 11. The van der Waals surface area contributed by atoms with Crippen molar-refractivity contribution in [3.05, 3.63) is 170 Å². The first-order valence-electron chi connectivity index (χ1n) is 17.7. The lowest BCUT2D eigenvalue weighted by molar-refractivity contribution is 1.10. The van der Waals surface area contributed by atoms with E-state index in [0.717, 1.165) is 39.2 Å². The summed E-state index contributed by atoms with van der Waals surface area (Å²) in [4.78, 5) is 9.91. The normalized spacial score (nSPS) is 12.2. The van der Waals surface area contributed by atoms with Crippen molar-refractivity contribution in [3.63, 3.8) is 0 Å². The first kappa shape index (κ1) is 27.7.